The molecule has 0 radical (unpaired) electrons. The highest BCUT2D eigenvalue weighted by atomic mass is 32.2. The van der Waals surface area contributed by atoms with Gasteiger partial charge in [0.2, 0.25) is 5.91 Å². The first-order valence-corrected chi connectivity index (χ1v) is 21.6. The van der Waals surface area contributed by atoms with E-state index in [2.05, 4.69) is 35.3 Å². The van der Waals surface area contributed by atoms with E-state index in [-0.39, 0.29) is 41.5 Å². The van der Waals surface area contributed by atoms with Crippen LogP contribution in [0.1, 0.15) is 39.3 Å². The molecule has 19 nitrogen and oxygen atoms in total. The molecule has 0 spiro atoms. The molecule has 0 saturated carbocycles. The number of nitrogens with two attached hydrogens (primary N) is 1. The van der Waals surface area contributed by atoms with Crippen LogP contribution in [0.3, 0.4) is 0 Å². The van der Waals surface area contributed by atoms with Gasteiger partial charge in [-0.15, -0.1) is 25.8 Å². The number of para-hydroxylation sites is 1. The molecule has 1 aliphatic heterocycles. The lowest BCUT2D eigenvalue weighted by Crippen LogP contribution is -2.29. The van der Waals surface area contributed by atoms with Crippen molar-refractivity contribution in [1.82, 2.24) is 30.6 Å². The van der Waals surface area contributed by atoms with Crippen LogP contribution in [0.5, 0.6) is 5.75 Å². The third-order valence-corrected chi connectivity index (χ3v) is 11.1. The number of hydrogen-bond donors (Lipinski definition) is 4. The molecule has 2 amide bonds. The second kappa shape index (κ2) is 22.9. The van der Waals surface area contributed by atoms with E-state index < -0.39 is 5.97 Å². The van der Waals surface area contributed by atoms with Crippen LogP contribution in [0.2, 0.25) is 0 Å². The van der Waals surface area contributed by atoms with Crippen molar-refractivity contribution in [2.24, 2.45) is 5.90 Å². The maximum atomic E-state index is 13.2. The van der Waals surface area contributed by atoms with Crippen LogP contribution in [0, 0.1) is 0 Å². The molecule has 0 bridgehead atoms. The Morgan fingerprint density at radius 1 is 0.859 bits per heavy atom. The molecule has 3 heterocycles. The van der Waals surface area contributed by atoms with Crippen LogP contribution in [0.4, 0.5) is 0 Å². The van der Waals surface area contributed by atoms with Gasteiger partial charge in [-0.05, 0) is 73.0 Å². The summed E-state index contributed by atoms with van der Waals surface area (Å²) < 4.78 is 36.2. The van der Waals surface area contributed by atoms with Crippen molar-refractivity contribution in [2.75, 3.05) is 52.7 Å². The highest BCUT2D eigenvalue weighted by Crippen LogP contribution is 2.41. The average Bonchev–Trinajstić information content (AvgIpc) is 3.93. The van der Waals surface area contributed by atoms with Gasteiger partial charge in [-0.1, -0.05) is 23.4 Å². The Labute approximate surface area is 373 Å². The SMILES string of the molecule is NOOSc1nc2ccc(OCc3cn(CC(=O)NCCCOCCOCCOCCCNC(=O)c4ccc(C(=O)O)c(-c5c6ccc(=O)cc-6oc6ccccc56)c4)nn3)cc2s1. The standard InChI is InChI=1S/C43H43N7O12S2/c44-61-62-64-43-47-35-12-9-30(23-38(35)63-43)59-26-28-24-50(49-48-28)25-39(52)45-13-3-15-56-17-19-58-20-18-57-16-4-14-46-41(53)27-7-10-31(42(54)55)34(21-27)40-32-5-1-2-6-36(32)60-37-22-29(51)8-11-33(37)40/h1-2,5-12,21-24H,3-4,13-20,25-26,44H2,(H,45,52)(H,46,53)(H,54,55). The number of aromatic carboxylic acids is 1. The lowest BCUT2D eigenvalue weighted by Gasteiger charge is -2.17. The third kappa shape index (κ3) is 12.4. The second-order valence-electron chi connectivity index (χ2n) is 13.9. The first-order chi connectivity index (χ1) is 31.2. The number of ether oxygens (including phenoxy) is 4. The first-order valence-electron chi connectivity index (χ1n) is 20.0. The molecule has 5 N–H and O–H groups in total. The van der Waals surface area contributed by atoms with E-state index in [4.69, 9.17) is 29.3 Å². The zero-order valence-electron chi connectivity index (χ0n) is 34.2. The monoisotopic (exact) mass is 913 g/mol. The Bertz CT molecular complexity index is 2720. The van der Waals surface area contributed by atoms with Gasteiger partial charge in [0.1, 0.15) is 48.0 Å². The summed E-state index contributed by atoms with van der Waals surface area (Å²) in [7, 11) is 0. The van der Waals surface area contributed by atoms with E-state index in [0.717, 1.165) is 22.3 Å². The highest BCUT2D eigenvalue weighted by Gasteiger charge is 2.23. The van der Waals surface area contributed by atoms with Crippen molar-refractivity contribution >= 4 is 62.3 Å². The largest absolute Gasteiger partial charge is 0.487 e. The molecule has 3 aromatic carbocycles. The van der Waals surface area contributed by atoms with Crippen LogP contribution in [-0.2, 0) is 41.5 Å². The molecular formula is C43H43N7O12S2. The van der Waals surface area contributed by atoms with Gasteiger partial charge in [-0.3, -0.25) is 14.4 Å². The average molecular weight is 914 g/mol. The molecule has 2 aliphatic rings. The zero-order chi connectivity index (χ0) is 44.7. The minimum Gasteiger partial charge on any atom is -0.487 e. The summed E-state index contributed by atoms with van der Waals surface area (Å²) in [6, 6.07) is 21.4. The molecule has 0 unspecified atom stereocenters. The van der Waals surface area contributed by atoms with E-state index in [1.54, 1.807) is 36.5 Å². The molecule has 0 saturated heterocycles. The molecular weight excluding hydrogens is 871 g/mol. The summed E-state index contributed by atoms with van der Waals surface area (Å²) in [6.07, 6.45) is 2.82. The van der Waals surface area contributed by atoms with Crippen LogP contribution in [0.15, 0.2) is 98.6 Å². The van der Waals surface area contributed by atoms with E-state index in [1.807, 2.05) is 24.3 Å². The minimum absolute atomic E-state index is 0.00816. The lowest BCUT2D eigenvalue weighted by molar-refractivity contribution is -0.195. The van der Waals surface area contributed by atoms with Crippen LogP contribution in [-0.4, -0.2) is 95.6 Å². The number of benzene rings is 4. The number of carbonyl (C=O) groups is 3. The summed E-state index contributed by atoms with van der Waals surface area (Å²) >= 11 is 2.31. The number of rotatable bonds is 25. The van der Waals surface area contributed by atoms with Crippen LogP contribution in [0.25, 0.3) is 43.6 Å². The van der Waals surface area contributed by atoms with Gasteiger partial charge in [0.15, 0.2) is 9.77 Å². The second-order valence-corrected chi connectivity index (χ2v) is 15.9. The number of thiazole rings is 1. The molecule has 1 aliphatic carbocycles. The van der Waals surface area contributed by atoms with Crippen molar-refractivity contribution in [3.05, 3.63) is 112 Å². The van der Waals surface area contributed by atoms with Crippen molar-refractivity contribution in [3.63, 3.8) is 0 Å². The predicted octanol–water partition coefficient (Wildman–Crippen LogP) is 5.25. The summed E-state index contributed by atoms with van der Waals surface area (Å²) in [5.74, 6) is 4.09. The quantitative estimate of drug-likeness (QED) is 0.0188. The van der Waals surface area contributed by atoms with Gasteiger partial charge in [0, 0.05) is 54.4 Å². The van der Waals surface area contributed by atoms with Gasteiger partial charge < -0.3 is 39.1 Å². The number of nitrogens with one attached hydrogen (secondary N) is 2. The number of hydrogen-bond acceptors (Lipinski definition) is 17. The Kier molecular flexibility index (Phi) is 16.3. The predicted molar refractivity (Wildman–Crippen MR) is 235 cm³/mol. The molecule has 7 rings (SSSR count). The van der Waals surface area contributed by atoms with Gasteiger partial charge in [-0.2, -0.15) is 5.90 Å². The molecule has 2 aromatic heterocycles. The van der Waals surface area contributed by atoms with E-state index in [1.165, 1.54) is 40.3 Å². The van der Waals surface area contributed by atoms with E-state index >= 15 is 0 Å². The first kappa shape index (κ1) is 45.7. The molecule has 64 heavy (non-hydrogen) atoms. The molecule has 0 atom stereocenters. The van der Waals surface area contributed by atoms with Gasteiger partial charge in [-0.25, -0.2) is 14.5 Å². The minimum atomic E-state index is -1.15. The Balaban J connectivity index is 0.721. The van der Waals surface area contributed by atoms with Crippen molar-refractivity contribution in [2.45, 2.75) is 30.3 Å². The number of fused-ring (bicyclic) bond motifs is 3. The summed E-state index contributed by atoms with van der Waals surface area (Å²) in [6.45, 7) is 3.32. The smallest absolute Gasteiger partial charge is 0.336 e. The van der Waals surface area contributed by atoms with Crippen molar-refractivity contribution in [1.29, 1.82) is 0 Å². The van der Waals surface area contributed by atoms with Gasteiger partial charge in [0.25, 0.3) is 5.91 Å². The number of nitrogens with zero attached hydrogens (tertiary/aromatic N) is 4. The Hall–Kier alpha value is -6.30. The van der Waals surface area contributed by atoms with Gasteiger partial charge in [0.05, 0.1) is 48.4 Å². The van der Waals surface area contributed by atoms with E-state index in [0.29, 0.717) is 115 Å². The van der Waals surface area contributed by atoms with Crippen molar-refractivity contribution < 1.29 is 52.2 Å². The van der Waals surface area contributed by atoms with Crippen molar-refractivity contribution in [3.8, 4) is 28.2 Å². The Morgan fingerprint density at radius 2 is 1.62 bits per heavy atom. The van der Waals surface area contributed by atoms with E-state index in [9.17, 15) is 24.3 Å². The summed E-state index contributed by atoms with van der Waals surface area (Å²) in [5, 5.41) is 24.5. The molecule has 334 valence electrons. The highest BCUT2D eigenvalue weighted by molar-refractivity contribution is 7.96. The maximum absolute atomic E-state index is 13.2. The fraction of sp³-hybridized carbons (Fsp3) is 0.279. The number of carbonyl (C=O) groups excluding carboxylic acids is 2. The molecule has 5 aromatic rings. The number of amides is 2. The molecule has 0 fully saturated rings. The lowest BCUT2D eigenvalue weighted by atomic mass is 9.89. The number of carboxylic acids is 1. The normalized spacial score (nSPS) is 11.4. The fourth-order valence-electron chi connectivity index (χ4n) is 6.51. The van der Waals surface area contributed by atoms with Crippen LogP contribution >= 0.6 is 23.4 Å². The number of aromatic nitrogens is 4. The maximum Gasteiger partial charge on any atom is 0.336 e. The third-order valence-electron chi connectivity index (χ3n) is 9.43. The summed E-state index contributed by atoms with van der Waals surface area (Å²) in [5.41, 5.74) is 3.31. The number of carboxylic acid groups (broad SMARTS) is 1. The molecule has 21 heteroatoms. The topological polar surface area (TPSA) is 251 Å². The van der Waals surface area contributed by atoms with Gasteiger partial charge >= 0.3 is 5.97 Å². The Morgan fingerprint density at radius 3 is 2.41 bits per heavy atom. The van der Waals surface area contributed by atoms with Crippen LogP contribution < -0.4 is 26.7 Å². The zero-order valence-corrected chi connectivity index (χ0v) is 35.8. The summed E-state index contributed by atoms with van der Waals surface area (Å²) in [4.78, 5) is 58.5. The fourth-order valence-corrected chi connectivity index (χ4v) is 7.96.